The first-order chi connectivity index (χ1) is 19.8. The van der Waals surface area contributed by atoms with Gasteiger partial charge >= 0.3 is 0 Å². The van der Waals surface area contributed by atoms with E-state index in [2.05, 4.69) is 42.2 Å². The minimum absolute atomic E-state index is 0.0425. The quantitative estimate of drug-likeness (QED) is 0.260. The van der Waals surface area contributed by atoms with Gasteiger partial charge in [0.05, 0.1) is 24.4 Å². The van der Waals surface area contributed by atoms with Crippen molar-refractivity contribution < 1.29 is 24.9 Å². The molecular weight excluding hydrogens is 530 g/mol. The van der Waals surface area contributed by atoms with Gasteiger partial charge in [-0.15, -0.1) is 12.3 Å². The second-order valence-electron chi connectivity index (χ2n) is 15.3. The molecule has 0 spiro atoms. The number of ketones is 1. The summed E-state index contributed by atoms with van der Waals surface area (Å²) in [6.07, 6.45) is 13.0. The average molecular weight is 584 g/mol. The number of terminal acetylenes is 1. The first-order valence-corrected chi connectivity index (χ1v) is 16.6. The topological polar surface area (TPSA) is 132 Å². The third-order valence-electron chi connectivity index (χ3n) is 12.9. The highest BCUT2D eigenvalue weighted by molar-refractivity contribution is 5.89. The number of nitrogens with zero attached hydrogens (tertiary/aromatic N) is 2. The van der Waals surface area contributed by atoms with Gasteiger partial charge in [0.15, 0.2) is 11.4 Å². The molecule has 8 nitrogen and oxygen atoms in total. The summed E-state index contributed by atoms with van der Waals surface area (Å²) in [5, 5.41) is 44.7. The van der Waals surface area contributed by atoms with E-state index in [0.29, 0.717) is 44.4 Å². The Kier molecular flexibility index (Phi) is 8.98. The van der Waals surface area contributed by atoms with Crippen LogP contribution in [0.3, 0.4) is 0 Å². The summed E-state index contributed by atoms with van der Waals surface area (Å²) in [6, 6.07) is -0.576. The fourth-order valence-electron chi connectivity index (χ4n) is 10.2. The highest BCUT2D eigenvalue weighted by Crippen LogP contribution is 2.68. The van der Waals surface area contributed by atoms with Crippen LogP contribution in [0.25, 0.3) is 0 Å². The van der Waals surface area contributed by atoms with Crippen molar-refractivity contribution in [1.82, 2.24) is 5.32 Å². The molecule has 234 valence electrons. The molecular formula is C34H53N3O5. The van der Waals surface area contributed by atoms with E-state index in [0.717, 1.165) is 38.5 Å². The zero-order valence-corrected chi connectivity index (χ0v) is 26.1. The summed E-state index contributed by atoms with van der Waals surface area (Å²) in [5.74, 6) is 3.85. The SMILES string of the molecule is C#CCCC(=O)C(CCC1(C)N=N1)NC(=O)CC[C@@H](C)[C@H]1CC[C@H]2[C@@H]3[C@H](O)C[C@@H]4C[C@H](O)CC[C@]4(C)[C@H]3C[C@H](O)[C@]12C. The van der Waals surface area contributed by atoms with Crippen LogP contribution in [0.1, 0.15) is 111 Å². The molecule has 1 unspecified atom stereocenters. The van der Waals surface area contributed by atoms with Gasteiger partial charge in [0.25, 0.3) is 0 Å². The molecule has 0 aromatic rings. The molecule has 4 aliphatic carbocycles. The van der Waals surface area contributed by atoms with Crippen molar-refractivity contribution in [3.05, 3.63) is 0 Å². The monoisotopic (exact) mass is 583 g/mol. The van der Waals surface area contributed by atoms with Crippen molar-refractivity contribution in [1.29, 1.82) is 0 Å². The third-order valence-corrected chi connectivity index (χ3v) is 12.9. The summed E-state index contributed by atoms with van der Waals surface area (Å²) < 4.78 is 0. The standard InChI is InChI=1S/C34H53N3O5/c1-6-7-8-27(39)26(14-16-33(4)36-37-33)35-30(42)12-9-20(2)23-10-11-24-31-25(19-29(41)34(23,24)5)32(3)15-13-22(38)17-21(32)18-28(31)40/h1,20-26,28-29,31,38,40-41H,7-19H2,2-5H3,(H,35,42)/t20-,21+,22-,23-,24+,25+,26?,28-,29+,31+,32+,34-/m1/s1. The van der Waals surface area contributed by atoms with E-state index < -0.39 is 23.9 Å². The molecule has 4 N–H and O–H groups in total. The number of aliphatic hydroxyl groups is 3. The first-order valence-electron chi connectivity index (χ1n) is 16.6. The normalized spacial score (nSPS) is 42.8. The van der Waals surface area contributed by atoms with Gasteiger partial charge in [0, 0.05) is 19.3 Å². The molecule has 0 aromatic carbocycles. The van der Waals surface area contributed by atoms with E-state index in [4.69, 9.17) is 6.42 Å². The Morgan fingerprint density at radius 3 is 2.43 bits per heavy atom. The number of amides is 1. The number of rotatable bonds is 11. The number of hydrogen-bond acceptors (Lipinski definition) is 7. The van der Waals surface area contributed by atoms with Crippen molar-refractivity contribution in [2.24, 2.45) is 56.6 Å². The van der Waals surface area contributed by atoms with Gasteiger partial charge in [-0.05, 0) is 117 Å². The maximum absolute atomic E-state index is 13.1. The molecule has 0 saturated heterocycles. The Bertz CT molecular complexity index is 1100. The molecule has 5 rings (SSSR count). The van der Waals surface area contributed by atoms with Gasteiger partial charge in [-0.3, -0.25) is 9.59 Å². The molecule has 0 aromatic heterocycles. The Morgan fingerprint density at radius 1 is 1.00 bits per heavy atom. The smallest absolute Gasteiger partial charge is 0.220 e. The molecule has 42 heavy (non-hydrogen) atoms. The lowest BCUT2D eigenvalue weighted by molar-refractivity contribution is -0.207. The summed E-state index contributed by atoms with van der Waals surface area (Å²) >= 11 is 0. The van der Waals surface area contributed by atoms with Crippen molar-refractivity contribution in [3.8, 4) is 12.3 Å². The number of hydrogen-bond donors (Lipinski definition) is 4. The van der Waals surface area contributed by atoms with Crippen molar-refractivity contribution in [2.75, 3.05) is 0 Å². The second kappa shape index (κ2) is 11.9. The van der Waals surface area contributed by atoms with Gasteiger partial charge in [0.2, 0.25) is 5.91 Å². The van der Waals surface area contributed by atoms with Crippen LogP contribution in [-0.2, 0) is 9.59 Å². The van der Waals surface area contributed by atoms with Crippen LogP contribution < -0.4 is 5.32 Å². The van der Waals surface area contributed by atoms with Crippen molar-refractivity contribution >= 4 is 11.7 Å². The van der Waals surface area contributed by atoms with Crippen LogP contribution in [0.5, 0.6) is 0 Å². The molecule has 0 bridgehead atoms. The van der Waals surface area contributed by atoms with Gasteiger partial charge in [-0.2, -0.15) is 10.2 Å². The number of nitrogens with one attached hydrogen (secondary N) is 1. The first kappa shape index (κ1) is 31.6. The van der Waals surface area contributed by atoms with E-state index in [1.807, 2.05) is 6.92 Å². The third kappa shape index (κ3) is 5.83. The van der Waals surface area contributed by atoms with Crippen LogP contribution in [-0.4, -0.2) is 57.0 Å². The summed E-state index contributed by atoms with van der Waals surface area (Å²) in [5.41, 5.74) is -0.670. The Hall–Kier alpha value is -1.82. The number of Topliss-reactive ketones (excluding diaryl/α,β-unsaturated/α-hetero) is 1. The lowest BCUT2D eigenvalue weighted by Crippen LogP contribution is -2.62. The number of carbonyl (C=O) groups excluding carboxylic acids is 2. The summed E-state index contributed by atoms with van der Waals surface area (Å²) in [4.78, 5) is 25.9. The highest BCUT2D eigenvalue weighted by atomic mass is 16.3. The predicted molar refractivity (Wildman–Crippen MR) is 160 cm³/mol. The van der Waals surface area contributed by atoms with Crippen LogP contribution >= 0.6 is 0 Å². The highest BCUT2D eigenvalue weighted by Gasteiger charge is 2.65. The second-order valence-corrected chi connectivity index (χ2v) is 15.3. The number of fused-ring (bicyclic) bond motifs is 5. The van der Waals surface area contributed by atoms with Gasteiger partial charge in [0.1, 0.15) is 0 Å². The largest absolute Gasteiger partial charge is 0.393 e. The molecule has 12 atom stereocenters. The van der Waals surface area contributed by atoms with E-state index in [1.165, 1.54) is 0 Å². The average Bonchev–Trinajstić information content (AvgIpc) is 3.57. The van der Waals surface area contributed by atoms with E-state index in [1.54, 1.807) is 0 Å². The van der Waals surface area contributed by atoms with Crippen molar-refractivity contribution in [2.45, 2.75) is 141 Å². The minimum atomic E-state index is -0.576. The van der Waals surface area contributed by atoms with Gasteiger partial charge in [-0.25, -0.2) is 0 Å². The summed E-state index contributed by atoms with van der Waals surface area (Å²) in [6.45, 7) is 8.72. The predicted octanol–water partition coefficient (Wildman–Crippen LogP) is 4.79. The van der Waals surface area contributed by atoms with Crippen molar-refractivity contribution in [3.63, 3.8) is 0 Å². The molecule has 1 amide bonds. The van der Waals surface area contributed by atoms with Crippen LogP contribution in [0.15, 0.2) is 10.2 Å². The molecule has 4 saturated carbocycles. The number of carbonyl (C=O) groups is 2. The van der Waals surface area contributed by atoms with Crippen LogP contribution in [0.2, 0.25) is 0 Å². The Morgan fingerprint density at radius 2 is 1.74 bits per heavy atom. The minimum Gasteiger partial charge on any atom is -0.393 e. The van der Waals surface area contributed by atoms with E-state index >= 15 is 0 Å². The molecule has 1 heterocycles. The molecule has 1 aliphatic heterocycles. The van der Waals surface area contributed by atoms with Gasteiger partial charge < -0.3 is 20.6 Å². The molecule has 8 heteroatoms. The van der Waals surface area contributed by atoms with Crippen LogP contribution in [0, 0.1) is 58.7 Å². The molecule has 4 fully saturated rings. The maximum atomic E-state index is 13.1. The van der Waals surface area contributed by atoms with Crippen LogP contribution in [0.4, 0.5) is 0 Å². The zero-order chi connectivity index (χ0) is 30.4. The molecule has 5 aliphatic rings. The lowest BCUT2D eigenvalue weighted by atomic mass is 9.43. The fourth-order valence-corrected chi connectivity index (χ4v) is 10.2. The van der Waals surface area contributed by atoms with E-state index in [-0.39, 0.29) is 64.6 Å². The lowest BCUT2D eigenvalue weighted by Gasteiger charge is -2.63. The number of aliphatic hydroxyl groups excluding tert-OH is 3. The fraction of sp³-hybridized carbons (Fsp3) is 0.882. The Labute approximate surface area is 251 Å². The van der Waals surface area contributed by atoms with E-state index in [9.17, 15) is 24.9 Å². The maximum Gasteiger partial charge on any atom is 0.220 e. The molecule has 0 radical (unpaired) electrons. The zero-order valence-electron chi connectivity index (χ0n) is 26.1. The van der Waals surface area contributed by atoms with Gasteiger partial charge in [-0.1, -0.05) is 20.8 Å². The summed E-state index contributed by atoms with van der Waals surface area (Å²) in [7, 11) is 0. The Balaban J connectivity index is 1.21.